The molecule has 1 aromatic heterocycles. The van der Waals surface area contributed by atoms with Gasteiger partial charge in [0.05, 0.1) is 12.3 Å². The molecular formula is C14H18N2O2S. The van der Waals surface area contributed by atoms with E-state index in [2.05, 4.69) is 0 Å². The number of aryl methyl sites for hydroxylation is 1. The highest BCUT2D eigenvalue weighted by molar-refractivity contribution is 7.21. The van der Waals surface area contributed by atoms with E-state index >= 15 is 0 Å². The second kappa shape index (κ2) is 5.59. The summed E-state index contributed by atoms with van der Waals surface area (Å²) in [4.78, 5) is 14.6. The largest absolute Gasteiger partial charge is 0.397 e. The number of ether oxygens (including phenoxy) is 1. The number of fused-ring (bicyclic) bond motifs is 1. The van der Waals surface area contributed by atoms with Gasteiger partial charge in [0.15, 0.2) is 0 Å². The topological polar surface area (TPSA) is 55.6 Å². The molecule has 102 valence electrons. The van der Waals surface area contributed by atoms with Crippen LogP contribution in [-0.2, 0) is 4.74 Å². The van der Waals surface area contributed by atoms with E-state index in [0.29, 0.717) is 23.7 Å². The van der Waals surface area contributed by atoms with Crippen molar-refractivity contribution >= 4 is 33.0 Å². The molecule has 19 heavy (non-hydrogen) atoms. The van der Waals surface area contributed by atoms with E-state index in [4.69, 9.17) is 10.5 Å². The van der Waals surface area contributed by atoms with Gasteiger partial charge in [-0.2, -0.15) is 0 Å². The van der Waals surface area contributed by atoms with Crippen LogP contribution in [0.1, 0.15) is 15.2 Å². The van der Waals surface area contributed by atoms with E-state index in [1.165, 1.54) is 11.3 Å². The number of methoxy groups -OCH3 is 1. The van der Waals surface area contributed by atoms with Crippen molar-refractivity contribution in [3.63, 3.8) is 0 Å². The molecule has 2 rings (SSSR count). The van der Waals surface area contributed by atoms with Gasteiger partial charge in [0.2, 0.25) is 0 Å². The van der Waals surface area contributed by atoms with Crippen LogP contribution in [0.5, 0.6) is 0 Å². The number of amides is 1. The summed E-state index contributed by atoms with van der Waals surface area (Å²) in [6, 6.07) is 6.06. The molecule has 0 unspecified atom stereocenters. The molecule has 1 aromatic carbocycles. The third-order valence-electron chi connectivity index (χ3n) is 3.05. The summed E-state index contributed by atoms with van der Waals surface area (Å²) in [6.07, 6.45) is 0. The Bertz CT molecular complexity index is 607. The lowest BCUT2D eigenvalue weighted by atomic mass is 10.1. The van der Waals surface area contributed by atoms with E-state index in [1.807, 2.05) is 25.1 Å². The first-order valence-corrected chi connectivity index (χ1v) is 6.89. The van der Waals surface area contributed by atoms with E-state index < -0.39 is 0 Å². The Kier molecular flexibility index (Phi) is 4.07. The molecule has 0 radical (unpaired) electrons. The lowest BCUT2D eigenvalue weighted by Crippen LogP contribution is -2.29. The van der Waals surface area contributed by atoms with Gasteiger partial charge in [-0.15, -0.1) is 11.3 Å². The summed E-state index contributed by atoms with van der Waals surface area (Å²) < 4.78 is 6.03. The van der Waals surface area contributed by atoms with Gasteiger partial charge in [0.1, 0.15) is 4.88 Å². The van der Waals surface area contributed by atoms with Crippen molar-refractivity contribution in [1.82, 2.24) is 4.90 Å². The number of hydrogen-bond donors (Lipinski definition) is 1. The second-order valence-corrected chi connectivity index (χ2v) is 5.62. The summed E-state index contributed by atoms with van der Waals surface area (Å²) in [5, 5.41) is 0.966. The predicted molar refractivity (Wildman–Crippen MR) is 79.8 cm³/mol. The third-order valence-corrected chi connectivity index (χ3v) is 4.23. The molecule has 5 heteroatoms. The number of nitrogens with two attached hydrogens (primary N) is 1. The van der Waals surface area contributed by atoms with E-state index in [1.54, 1.807) is 19.1 Å². The van der Waals surface area contributed by atoms with Crippen molar-refractivity contribution in [2.75, 3.05) is 33.0 Å². The zero-order valence-corrected chi connectivity index (χ0v) is 12.2. The maximum atomic E-state index is 12.3. The number of benzene rings is 1. The first-order chi connectivity index (χ1) is 9.04. The number of rotatable bonds is 4. The van der Waals surface area contributed by atoms with Crippen LogP contribution < -0.4 is 5.73 Å². The van der Waals surface area contributed by atoms with Crippen molar-refractivity contribution in [2.24, 2.45) is 0 Å². The minimum absolute atomic E-state index is 0.0478. The van der Waals surface area contributed by atoms with Crippen molar-refractivity contribution in [3.05, 3.63) is 28.6 Å². The molecular weight excluding hydrogens is 260 g/mol. The average molecular weight is 278 g/mol. The Hall–Kier alpha value is -1.59. The summed E-state index contributed by atoms with van der Waals surface area (Å²) in [5.74, 6) is -0.0478. The smallest absolute Gasteiger partial charge is 0.265 e. The zero-order chi connectivity index (χ0) is 14.0. The molecule has 0 saturated carbocycles. The molecule has 0 spiro atoms. The van der Waals surface area contributed by atoms with Crippen LogP contribution in [-0.4, -0.2) is 38.1 Å². The SMILES string of the molecule is COCCN(C)C(=O)c1sc2ccc(C)cc2c1N. The quantitative estimate of drug-likeness (QED) is 0.935. The number of nitrogen functional groups attached to an aromatic ring is 1. The maximum Gasteiger partial charge on any atom is 0.265 e. The van der Waals surface area contributed by atoms with Crippen LogP contribution in [0.2, 0.25) is 0 Å². The van der Waals surface area contributed by atoms with Crippen LogP contribution in [0.15, 0.2) is 18.2 Å². The van der Waals surface area contributed by atoms with Gasteiger partial charge in [-0.05, 0) is 19.1 Å². The van der Waals surface area contributed by atoms with Crippen molar-refractivity contribution in [2.45, 2.75) is 6.92 Å². The van der Waals surface area contributed by atoms with Crippen molar-refractivity contribution < 1.29 is 9.53 Å². The second-order valence-electron chi connectivity index (χ2n) is 4.56. The molecule has 0 saturated heterocycles. The first kappa shape index (κ1) is 13.8. The van der Waals surface area contributed by atoms with Crippen LogP contribution in [0, 0.1) is 6.92 Å². The lowest BCUT2D eigenvalue weighted by molar-refractivity contribution is 0.0750. The van der Waals surface area contributed by atoms with Gasteiger partial charge >= 0.3 is 0 Å². The average Bonchev–Trinajstić information content (AvgIpc) is 2.72. The van der Waals surface area contributed by atoms with Gasteiger partial charge in [-0.3, -0.25) is 4.79 Å². The highest BCUT2D eigenvalue weighted by atomic mass is 32.1. The zero-order valence-electron chi connectivity index (χ0n) is 11.4. The molecule has 2 N–H and O–H groups in total. The number of thiophene rings is 1. The fourth-order valence-corrected chi connectivity index (χ4v) is 2.99. The Morgan fingerprint density at radius 1 is 1.47 bits per heavy atom. The highest BCUT2D eigenvalue weighted by Crippen LogP contribution is 2.34. The molecule has 1 heterocycles. The number of likely N-dealkylation sites (N-methyl/N-ethyl adjacent to an activating group) is 1. The molecule has 0 aliphatic heterocycles. The maximum absolute atomic E-state index is 12.3. The summed E-state index contributed by atoms with van der Waals surface area (Å²) >= 11 is 1.45. The lowest BCUT2D eigenvalue weighted by Gasteiger charge is -2.15. The normalized spacial score (nSPS) is 10.9. The van der Waals surface area contributed by atoms with E-state index in [-0.39, 0.29) is 5.91 Å². The Morgan fingerprint density at radius 3 is 2.89 bits per heavy atom. The Labute approximate surface area is 116 Å². The number of nitrogens with zero attached hydrogens (tertiary/aromatic N) is 1. The van der Waals surface area contributed by atoms with Crippen LogP contribution in [0.25, 0.3) is 10.1 Å². The fraction of sp³-hybridized carbons (Fsp3) is 0.357. The summed E-state index contributed by atoms with van der Waals surface area (Å²) in [6.45, 7) is 3.09. The van der Waals surface area contributed by atoms with Gasteiger partial charge in [0, 0.05) is 30.8 Å². The number of carbonyl (C=O) groups excluding carboxylic acids is 1. The molecule has 0 atom stereocenters. The number of carbonyl (C=O) groups is 1. The Balaban J connectivity index is 2.34. The van der Waals surface area contributed by atoms with Crippen LogP contribution >= 0.6 is 11.3 Å². The van der Waals surface area contributed by atoms with Gasteiger partial charge in [0.25, 0.3) is 5.91 Å². The van der Waals surface area contributed by atoms with Crippen molar-refractivity contribution in [1.29, 1.82) is 0 Å². The Morgan fingerprint density at radius 2 is 2.21 bits per heavy atom. The molecule has 0 aliphatic rings. The van der Waals surface area contributed by atoms with Gasteiger partial charge in [-0.25, -0.2) is 0 Å². The molecule has 0 bridgehead atoms. The summed E-state index contributed by atoms with van der Waals surface area (Å²) in [7, 11) is 3.38. The first-order valence-electron chi connectivity index (χ1n) is 6.07. The fourth-order valence-electron chi connectivity index (χ4n) is 1.89. The highest BCUT2D eigenvalue weighted by Gasteiger charge is 2.19. The molecule has 0 fully saturated rings. The van der Waals surface area contributed by atoms with Gasteiger partial charge < -0.3 is 15.4 Å². The third kappa shape index (κ3) is 2.72. The molecule has 0 aliphatic carbocycles. The van der Waals surface area contributed by atoms with Crippen LogP contribution in [0.3, 0.4) is 0 Å². The standard InChI is InChI=1S/C14H18N2O2S/c1-9-4-5-11-10(8-9)12(15)13(19-11)14(17)16(2)6-7-18-3/h4-5,8H,6-7,15H2,1-3H3. The summed E-state index contributed by atoms with van der Waals surface area (Å²) in [5.41, 5.74) is 7.83. The van der Waals surface area contributed by atoms with Crippen molar-refractivity contribution in [3.8, 4) is 0 Å². The van der Waals surface area contributed by atoms with E-state index in [9.17, 15) is 4.79 Å². The minimum Gasteiger partial charge on any atom is -0.397 e. The molecule has 4 nitrogen and oxygen atoms in total. The van der Waals surface area contributed by atoms with Gasteiger partial charge in [-0.1, -0.05) is 11.6 Å². The van der Waals surface area contributed by atoms with Crippen LogP contribution in [0.4, 0.5) is 5.69 Å². The predicted octanol–water partition coefficient (Wildman–Crippen LogP) is 2.51. The minimum atomic E-state index is -0.0478. The molecule has 2 aromatic rings. The number of anilines is 1. The number of hydrogen-bond acceptors (Lipinski definition) is 4. The van der Waals surface area contributed by atoms with E-state index in [0.717, 1.165) is 15.6 Å². The molecule has 1 amide bonds. The monoisotopic (exact) mass is 278 g/mol.